The molecular weight excluding hydrogens is 364 g/mol. The fraction of sp³-hybridized carbons (Fsp3) is 0.143. The number of allylic oxidation sites excluding steroid dienone is 3. The summed E-state index contributed by atoms with van der Waals surface area (Å²) in [5.74, 6) is 0. The van der Waals surface area contributed by atoms with Crippen LogP contribution < -0.4 is 20.2 Å². The Morgan fingerprint density at radius 1 is 0.633 bits per heavy atom. The van der Waals surface area contributed by atoms with E-state index in [1.165, 1.54) is 55.4 Å². The molecule has 0 saturated carbocycles. The van der Waals surface area contributed by atoms with Gasteiger partial charge in [0.15, 0.2) is 0 Å². The normalized spacial score (nSPS) is 15.5. The molecule has 30 heavy (non-hydrogen) atoms. The van der Waals surface area contributed by atoms with Crippen LogP contribution in [0, 0.1) is 0 Å². The van der Waals surface area contributed by atoms with Crippen molar-refractivity contribution in [1.29, 1.82) is 0 Å². The molecule has 0 atom stereocenters. The van der Waals surface area contributed by atoms with Gasteiger partial charge in [-0.3, -0.25) is 0 Å². The maximum atomic E-state index is 2.36. The first-order valence-corrected chi connectivity index (χ1v) is 10.4. The molecule has 148 valence electrons. The van der Waals surface area contributed by atoms with Crippen molar-refractivity contribution < 1.29 is 0 Å². The Morgan fingerprint density at radius 2 is 1.23 bits per heavy atom. The highest BCUT2D eigenvalue weighted by Gasteiger charge is 2.25. The Hall–Kier alpha value is -3.52. The predicted molar refractivity (Wildman–Crippen MR) is 128 cm³/mol. The monoisotopic (exact) mass is 390 g/mol. The second-order valence-electron chi connectivity index (χ2n) is 8.07. The molecule has 3 aromatic carbocycles. The van der Waals surface area contributed by atoms with Gasteiger partial charge in [-0.05, 0) is 47.8 Å². The summed E-state index contributed by atoms with van der Waals surface area (Å²) in [5, 5.41) is 2.57. The van der Waals surface area contributed by atoms with E-state index in [1.807, 2.05) is 0 Å². The highest BCUT2D eigenvalue weighted by atomic mass is 15.2. The number of fused-ring (bicyclic) bond motifs is 3. The van der Waals surface area contributed by atoms with Crippen LogP contribution in [0.3, 0.4) is 0 Å². The second-order valence-corrected chi connectivity index (χ2v) is 8.07. The van der Waals surface area contributed by atoms with E-state index in [9.17, 15) is 0 Å². The minimum Gasteiger partial charge on any atom is -0.349 e. The summed E-state index contributed by atoms with van der Waals surface area (Å²) in [4.78, 5) is 4.61. The molecule has 2 heterocycles. The van der Waals surface area contributed by atoms with E-state index in [2.05, 4.69) is 123 Å². The lowest BCUT2D eigenvalue weighted by molar-refractivity contribution is 1.02. The van der Waals surface area contributed by atoms with E-state index >= 15 is 0 Å². The third-order valence-electron chi connectivity index (χ3n) is 6.43. The summed E-state index contributed by atoms with van der Waals surface area (Å²) in [6.45, 7) is 4.46. The molecule has 2 aliphatic rings. The van der Waals surface area contributed by atoms with Crippen molar-refractivity contribution in [2.24, 2.45) is 0 Å². The van der Waals surface area contributed by atoms with E-state index in [0.29, 0.717) is 0 Å². The van der Waals surface area contributed by atoms with Gasteiger partial charge in [0.25, 0.3) is 0 Å². The van der Waals surface area contributed by atoms with Crippen LogP contribution in [-0.4, -0.2) is 14.1 Å². The SMILES string of the molecule is CC1=C(C)N(C)c2c3c(ccc2=C1c1ccccc1)=C(c1ccccc1)C=CN3C. The van der Waals surface area contributed by atoms with Gasteiger partial charge in [0, 0.05) is 36.4 Å². The van der Waals surface area contributed by atoms with Gasteiger partial charge in [-0.15, -0.1) is 0 Å². The highest BCUT2D eigenvalue weighted by Crippen LogP contribution is 2.35. The van der Waals surface area contributed by atoms with Crippen LogP contribution in [-0.2, 0) is 0 Å². The Kier molecular flexibility index (Phi) is 4.36. The van der Waals surface area contributed by atoms with Crippen LogP contribution in [0.5, 0.6) is 0 Å². The first kappa shape index (κ1) is 18.5. The zero-order chi connectivity index (χ0) is 20.8. The number of hydrogen-bond acceptors (Lipinski definition) is 2. The third-order valence-corrected chi connectivity index (χ3v) is 6.43. The Balaban J connectivity index is 1.93. The van der Waals surface area contributed by atoms with Gasteiger partial charge >= 0.3 is 0 Å². The fourth-order valence-corrected chi connectivity index (χ4v) is 4.69. The van der Waals surface area contributed by atoms with E-state index in [0.717, 1.165) is 0 Å². The maximum Gasteiger partial charge on any atom is 0.0733 e. The third kappa shape index (κ3) is 2.72. The van der Waals surface area contributed by atoms with Crippen molar-refractivity contribution in [3.05, 3.63) is 118 Å². The zero-order valence-electron chi connectivity index (χ0n) is 18.0. The quantitative estimate of drug-likeness (QED) is 0.621. The zero-order valence-corrected chi connectivity index (χ0v) is 18.0. The number of anilines is 2. The first-order chi connectivity index (χ1) is 14.6. The molecule has 0 fully saturated rings. The molecule has 0 spiro atoms. The average molecular weight is 391 g/mol. The summed E-state index contributed by atoms with van der Waals surface area (Å²) in [5.41, 5.74) is 10.3. The second kappa shape index (κ2) is 7.07. The summed E-state index contributed by atoms with van der Waals surface area (Å²) in [6, 6.07) is 26.0. The van der Waals surface area contributed by atoms with Crippen molar-refractivity contribution in [3.8, 4) is 0 Å². The van der Waals surface area contributed by atoms with Crippen molar-refractivity contribution in [3.63, 3.8) is 0 Å². The molecule has 0 aliphatic carbocycles. The highest BCUT2D eigenvalue weighted by molar-refractivity contribution is 5.92. The van der Waals surface area contributed by atoms with E-state index in [-0.39, 0.29) is 0 Å². The molecule has 2 nitrogen and oxygen atoms in total. The minimum absolute atomic E-state index is 1.25. The summed E-state index contributed by atoms with van der Waals surface area (Å²) in [6.07, 6.45) is 4.41. The molecule has 0 aromatic heterocycles. The Morgan fingerprint density at radius 3 is 1.90 bits per heavy atom. The van der Waals surface area contributed by atoms with E-state index in [1.54, 1.807) is 0 Å². The molecule has 0 amide bonds. The Labute approximate surface area is 178 Å². The molecule has 3 aromatic rings. The van der Waals surface area contributed by atoms with Gasteiger partial charge in [-0.2, -0.15) is 0 Å². The van der Waals surface area contributed by atoms with Crippen molar-refractivity contribution in [1.82, 2.24) is 0 Å². The fourth-order valence-electron chi connectivity index (χ4n) is 4.69. The molecule has 0 radical (unpaired) electrons. The predicted octanol–water partition coefficient (Wildman–Crippen LogP) is 4.79. The maximum absolute atomic E-state index is 2.36. The largest absolute Gasteiger partial charge is 0.349 e. The van der Waals surface area contributed by atoms with Crippen LogP contribution in [0.1, 0.15) is 25.0 Å². The number of hydrogen-bond donors (Lipinski definition) is 0. The summed E-state index contributed by atoms with van der Waals surface area (Å²) in [7, 11) is 4.34. The summed E-state index contributed by atoms with van der Waals surface area (Å²) < 4.78 is 0. The minimum atomic E-state index is 1.25. The van der Waals surface area contributed by atoms with E-state index in [4.69, 9.17) is 0 Å². The summed E-state index contributed by atoms with van der Waals surface area (Å²) >= 11 is 0. The molecule has 0 N–H and O–H groups in total. The molecule has 0 saturated heterocycles. The lowest BCUT2D eigenvalue weighted by atomic mass is 9.89. The number of nitrogens with zero attached hydrogens (tertiary/aromatic N) is 2. The molecule has 0 bridgehead atoms. The standard InChI is InChI=1S/C28H26N2/c1-19-20(2)30(4)28-25(26(19)22-13-9-6-10-14-22)16-15-24-23(17-18-29(3)27(24)28)21-11-7-5-8-12-21/h5-18H,1-4H3. The van der Waals surface area contributed by atoms with Gasteiger partial charge < -0.3 is 9.80 Å². The Bertz CT molecular complexity index is 1310. The smallest absolute Gasteiger partial charge is 0.0733 e. The van der Waals surface area contributed by atoms with Crippen molar-refractivity contribution in [2.75, 3.05) is 23.9 Å². The van der Waals surface area contributed by atoms with Gasteiger partial charge in [0.1, 0.15) is 0 Å². The molecule has 2 heteroatoms. The molecule has 2 aliphatic heterocycles. The molecule has 0 unspecified atom stereocenters. The van der Waals surface area contributed by atoms with Crippen molar-refractivity contribution in [2.45, 2.75) is 13.8 Å². The number of rotatable bonds is 2. The van der Waals surface area contributed by atoms with Gasteiger partial charge in [0.05, 0.1) is 11.4 Å². The molecular formula is C28H26N2. The van der Waals surface area contributed by atoms with Crippen LogP contribution in [0.4, 0.5) is 11.4 Å². The first-order valence-electron chi connectivity index (χ1n) is 10.4. The van der Waals surface area contributed by atoms with Crippen LogP contribution in [0.25, 0.3) is 11.1 Å². The van der Waals surface area contributed by atoms with Crippen LogP contribution in [0.15, 0.2) is 96.3 Å². The lowest BCUT2D eigenvalue weighted by Gasteiger charge is -2.34. The lowest BCUT2D eigenvalue weighted by Crippen LogP contribution is -2.36. The topological polar surface area (TPSA) is 6.48 Å². The van der Waals surface area contributed by atoms with Gasteiger partial charge in [-0.1, -0.05) is 72.8 Å². The van der Waals surface area contributed by atoms with Crippen LogP contribution >= 0.6 is 0 Å². The van der Waals surface area contributed by atoms with Gasteiger partial charge in [-0.25, -0.2) is 0 Å². The van der Waals surface area contributed by atoms with Gasteiger partial charge in [0.2, 0.25) is 0 Å². The van der Waals surface area contributed by atoms with Crippen LogP contribution in [0.2, 0.25) is 0 Å². The number of benzene rings is 3. The average Bonchev–Trinajstić information content (AvgIpc) is 2.79. The van der Waals surface area contributed by atoms with E-state index < -0.39 is 0 Å². The van der Waals surface area contributed by atoms with Crippen molar-refractivity contribution >= 4 is 22.5 Å². The molecule has 5 rings (SSSR count).